The van der Waals surface area contributed by atoms with Gasteiger partial charge in [-0.05, 0) is 23.8 Å². The van der Waals surface area contributed by atoms with Gasteiger partial charge in [0.05, 0.1) is 4.90 Å². The molecule has 0 fully saturated rings. The van der Waals surface area contributed by atoms with Gasteiger partial charge in [0, 0.05) is 5.88 Å². The van der Waals surface area contributed by atoms with Crippen molar-refractivity contribution >= 4 is 21.6 Å². The van der Waals surface area contributed by atoms with E-state index in [9.17, 15) is 12.8 Å². The lowest BCUT2D eigenvalue weighted by molar-refractivity contribution is 0.591. The number of sulfonamides is 1. The summed E-state index contributed by atoms with van der Waals surface area (Å²) in [5.41, 5.74) is 0.380. The van der Waals surface area contributed by atoms with Gasteiger partial charge in [-0.25, -0.2) is 17.9 Å². The molecule has 0 heterocycles. The summed E-state index contributed by atoms with van der Waals surface area (Å²) in [6.45, 7) is 0. The maximum Gasteiger partial charge on any atom is 0.238 e. The van der Waals surface area contributed by atoms with Gasteiger partial charge in [0.15, 0.2) is 0 Å². The first-order valence-electron chi connectivity index (χ1n) is 3.32. The zero-order valence-electron chi connectivity index (χ0n) is 6.50. The largest absolute Gasteiger partial charge is 0.238 e. The first kappa shape index (κ1) is 10.4. The molecule has 72 valence electrons. The first-order chi connectivity index (χ1) is 5.93. The minimum atomic E-state index is -3.86. The Balaban J connectivity index is 3.33. The highest BCUT2D eigenvalue weighted by Gasteiger charge is 2.10. The third-order valence-electron chi connectivity index (χ3n) is 1.41. The molecule has 2 N–H and O–H groups in total. The second-order valence-electron chi connectivity index (χ2n) is 2.47. The fraction of sp³-hybridized carbons (Fsp3) is 0.143. The summed E-state index contributed by atoms with van der Waals surface area (Å²) >= 11 is 5.42. The Kier molecular flexibility index (Phi) is 2.90. The summed E-state index contributed by atoms with van der Waals surface area (Å²) in [5, 5.41) is 4.81. The van der Waals surface area contributed by atoms with Crippen LogP contribution in [0.3, 0.4) is 0 Å². The molecule has 0 aliphatic rings. The third-order valence-corrected chi connectivity index (χ3v) is 2.62. The van der Waals surface area contributed by atoms with Crippen LogP contribution >= 0.6 is 11.6 Å². The summed E-state index contributed by atoms with van der Waals surface area (Å²) < 4.78 is 34.4. The third kappa shape index (κ3) is 2.65. The fourth-order valence-electron chi connectivity index (χ4n) is 0.862. The molecule has 0 spiro atoms. The van der Waals surface area contributed by atoms with Crippen LogP contribution < -0.4 is 5.14 Å². The summed E-state index contributed by atoms with van der Waals surface area (Å²) in [6.07, 6.45) is 0. The van der Waals surface area contributed by atoms with Gasteiger partial charge in [-0.3, -0.25) is 0 Å². The molecule has 0 atom stereocenters. The van der Waals surface area contributed by atoms with Crippen molar-refractivity contribution in [3.8, 4) is 0 Å². The molecule has 3 nitrogen and oxygen atoms in total. The van der Waals surface area contributed by atoms with Crippen molar-refractivity contribution in [1.82, 2.24) is 0 Å². The molecule has 0 aliphatic carbocycles. The van der Waals surface area contributed by atoms with Crippen LogP contribution in [-0.4, -0.2) is 8.42 Å². The average molecular weight is 224 g/mol. The predicted octanol–water partition coefficient (Wildman–Crippen LogP) is 1.21. The molecular formula is C7H7ClFNO2S. The maximum atomic E-state index is 12.8. The molecule has 0 radical (unpaired) electrons. The number of hydrogen-bond donors (Lipinski definition) is 1. The van der Waals surface area contributed by atoms with Crippen LogP contribution in [0.1, 0.15) is 5.56 Å². The van der Waals surface area contributed by atoms with E-state index >= 15 is 0 Å². The van der Waals surface area contributed by atoms with E-state index < -0.39 is 15.8 Å². The highest BCUT2D eigenvalue weighted by atomic mass is 35.5. The fourth-order valence-corrected chi connectivity index (χ4v) is 1.61. The molecule has 1 aromatic carbocycles. The van der Waals surface area contributed by atoms with E-state index in [2.05, 4.69) is 0 Å². The lowest BCUT2D eigenvalue weighted by Gasteiger charge is -2.01. The zero-order chi connectivity index (χ0) is 10.1. The number of nitrogens with two attached hydrogens (primary N) is 1. The topological polar surface area (TPSA) is 60.2 Å². The number of hydrogen-bond acceptors (Lipinski definition) is 2. The Labute approximate surface area is 80.4 Å². The van der Waals surface area contributed by atoms with E-state index in [1.807, 2.05) is 0 Å². The lowest BCUT2D eigenvalue weighted by Crippen LogP contribution is -2.12. The van der Waals surface area contributed by atoms with Crippen LogP contribution in [0.15, 0.2) is 23.1 Å². The van der Waals surface area contributed by atoms with Crippen LogP contribution in [0.4, 0.5) is 4.39 Å². The van der Waals surface area contributed by atoms with Gasteiger partial charge in [-0.1, -0.05) is 0 Å². The first-order valence-corrected chi connectivity index (χ1v) is 5.40. The second-order valence-corrected chi connectivity index (χ2v) is 4.30. The Morgan fingerprint density at radius 3 is 2.46 bits per heavy atom. The van der Waals surface area contributed by atoms with E-state index in [1.165, 1.54) is 6.07 Å². The van der Waals surface area contributed by atoms with E-state index in [-0.39, 0.29) is 10.8 Å². The van der Waals surface area contributed by atoms with Crippen LogP contribution in [0.25, 0.3) is 0 Å². The Bertz CT molecular complexity index is 419. The monoisotopic (exact) mass is 223 g/mol. The molecule has 1 aromatic rings. The van der Waals surface area contributed by atoms with Gasteiger partial charge >= 0.3 is 0 Å². The molecule has 1 rings (SSSR count). The van der Waals surface area contributed by atoms with Crippen molar-refractivity contribution in [2.24, 2.45) is 5.14 Å². The van der Waals surface area contributed by atoms with Crippen molar-refractivity contribution < 1.29 is 12.8 Å². The predicted molar refractivity (Wildman–Crippen MR) is 47.3 cm³/mol. The molecule has 0 saturated heterocycles. The molecule has 0 aromatic heterocycles. The zero-order valence-corrected chi connectivity index (χ0v) is 8.07. The van der Waals surface area contributed by atoms with E-state index in [4.69, 9.17) is 16.7 Å². The van der Waals surface area contributed by atoms with Gasteiger partial charge in [0.1, 0.15) is 5.82 Å². The minimum absolute atomic E-state index is 0.0419. The van der Waals surface area contributed by atoms with Crippen LogP contribution in [0.2, 0.25) is 0 Å². The molecule has 0 amide bonds. The van der Waals surface area contributed by atoms with Crippen molar-refractivity contribution in [2.75, 3.05) is 0 Å². The molecular weight excluding hydrogens is 217 g/mol. The van der Waals surface area contributed by atoms with Crippen molar-refractivity contribution in [3.63, 3.8) is 0 Å². The van der Waals surface area contributed by atoms with Crippen molar-refractivity contribution in [2.45, 2.75) is 10.8 Å². The van der Waals surface area contributed by atoms with Crippen molar-refractivity contribution in [1.29, 1.82) is 0 Å². The highest BCUT2D eigenvalue weighted by Crippen LogP contribution is 2.14. The quantitative estimate of drug-likeness (QED) is 0.767. The normalized spacial score (nSPS) is 11.6. The molecule has 0 aliphatic heterocycles. The number of rotatable bonds is 2. The molecule has 0 unspecified atom stereocenters. The lowest BCUT2D eigenvalue weighted by atomic mass is 10.2. The van der Waals surface area contributed by atoms with E-state index in [1.54, 1.807) is 0 Å². The Morgan fingerprint density at radius 1 is 1.38 bits per heavy atom. The van der Waals surface area contributed by atoms with Crippen molar-refractivity contribution in [3.05, 3.63) is 29.6 Å². The smallest absolute Gasteiger partial charge is 0.225 e. The number of alkyl halides is 1. The summed E-state index contributed by atoms with van der Waals surface area (Å²) in [6, 6.07) is 3.25. The summed E-state index contributed by atoms with van der Waals surface area (Å²) in [4.78, 5) is -0.261. The molecule has 13 heavy (non-hydrogen) atoms. The Morgan fingerprint density at radius 2 is 2.00 bits per heavy atom. The molecule has 0 bridgehead atoms. The van der Waals surface area contributed by atoms with Gasteiger partial charge in [-0.2, -0.15) is 0 Å². The average Bonchev–Trinajstić information content (AvgIpc) is 2.01. The van der Waals surface area contributed by atoms with Gasteiger partial charge in [-0.15, -0.1) is 11.6 Å². The highest BCUT2D eigenvalue weighted by molar-refractivity contribution is 7.89. The minimum Gasteiger partial charge on any atom is -0.225 e. The molecule has 6 heteroatoms. The van der Waals surface area contributed by atoms with Crippen LogP contribution in [0.5, 0.6) is 0 Å². The van der Waals surface area contributed by atoms with E-state index in [0.717, 1.165) is 12.1 Å². The number of halogens is 2. The standard InChI is InChI=1S/C7H7ClFNO2S/c8-4-5-1-6(9)3-7(2-5)13(10,11)12/h1-3H,4H2,(H2,10,11,12). The van der Waals surface area contributed by atoms with E-state index in [0.29, 0.717) is 5.56 Å². The SMILES string of the molecule is NS(=O)(=O)c1cc(F)cc(CCl)c1. The molecule has 0 saturated carbocycles. The second kappa shape index (κ2) is 3.61. The Hall–Kier alpha value is -0.650. The number of benzene rings is 1. The summed E-state index contributed by atoms with van der Waals surface area (Å²) in [7, 11) is -3.86. The maximum absolute atomic E-state index is 12.8. The van der Waals surface area contributed by atoms with Gasteiger partial charge < -0.3 is 0 Å². The van der Waals surface area contributed by atoms with Crippen LogP contribution in [-0.2, 0) is 15.9 Å². The van der Waals surface area contributed by atoms with Gasteiger partial charge in [0.2, 0.25) is 10.0 Å². The van der Waals surface area contributed by atoms with Crippen LogP contribution in [0, 0.1) is 5.82 Å². The summed E-state index contributed by atoms with van der Waals surface area (Å²) in [5.74, 6) is -0.623. The number of primary sulfonamides is 1. The van der Waals surface area contributed by atoms with Gasteiger partial charge in [0.25, 0.3) is 0 Å².